The molecule has 17 heavy (non-hydrogen) atoms. The summed E-state index contributed by atoms with van der Waals surface area (Å²) >= 11 is 0. The minimum Gasteiger partial charge on any atom is -0.469 e. The molecule has 1 fully saturated rings. The van der Waals surface area contributed by atoms with Gasteiger partial charge in [0.05, 0.1) is 6.26 Å². The van der Waals surface area contributed by atoms with Gasteiger partial charge in [-0.3, -0.25) is 0 Å². The molecule has 2 rings (SSSR count). The first-order chi connectivity index (χ1) is 8.25. The summed E-state index contributed by atoms with van der Waals surface area (Å²) in [5, 5.41) is 7.20. The molecule has 1 aliphatic rings. The summed E-state index contributed by atoms with van der Waals surface area (Å²) in [5.41, 5.74) is 0. The third-order valence-corrected chi connectivity index (χ3v) is 3.70. The van der Waals surface area contributed by atoms with E-state index in [1.807, 2.05) is 12.1 Å². The van der Waals surface area contributed by atoms with E-state index in [0.29, 0.717) is 12.1 Å². The molecule has 2 N–H and O–H groups in total. The highest BCUT2D eigenvalue weighted by molar-refractivity contribution is 5.00. The minimum absolute atomic E-state index is 0.470. The summed E-state index contributed by atoms with van der Waals surface area (Å²) in [6, 6.07) is 5.09. The third kappa shape index (κ3) is 3.86. The maximum absolute atomic E-state index is 5.36. The molecule has 1 aromatic heterocycles. The van der Waals surface area contributed by atoms with Gasteiger partial charge in [-0.25, -0.2) is 0 Å². The molecule has 0 aliphatic carbocycles. The predicted octanol–water partition coefficient (Wildman–Crippen LogP) is 2.19. The lowest BCUT2D eigenvalue weighted by atomic mass is 9.92. The number of piperidine rings is 1. The van der Waals surface area contributed by atoms with Gasteiger partial charge in [0.15, 0.2) is 0 Å². The Bertz CT molecular complexity index is 310. The molecule has 0 radical (unpaired) electrons. The zero-order chi connectivity index (χ0) is 12.1. The fourth-order valence-corrected chi connectivity index (χ4v) is 2.52. The zero-order valence-corrected chi connectivity index (χ0v) is 10.9. The Kier molecular flexibility index (Phi) is 4.63. The maximum Gasteiger partial charge on any atom is 0.105 e. The highest BCUT2D eigenvalue weighted by Gasteiger charge is 2.20. The first kappa shape index (κ1) is 12.7. The monoisotopic (exact) mass is 236 g/mol. The first-order valence-corrected chi connectivity index (χ1v) is 6.75. The Morgan fingerprint density at radius 3 is 3.18 bits per heavy atom. The van der Waals surface area contributed by atoms with Crippen molar-refractivity contribution in [2.75, 3.05) is 13.1 Å². The molecule has 0 saturated carbocycles. The van der Waals surface area contributed by atoms with Gasteiger partial charge in [-0.05, 0) is 44.4 Å². The van der Waals surface area contributed by atoms with Gasteiger partial charge in [-0.15, -0.1) is 0 Å². The second-order valence-corrected chi connectivity index (χ2v) is 5.27. The second kappa shape index (κ2) is 6.22. The minimum atomic E-state index is 0.470. The van der Waals surface area contributed by atoms with Gasteiger partial charge >= 0.3 is 0 Å². The second-order valence-electron chi connectivity index (χ2n) is 5.27. The normalized spacial score (nSPS) is 26.9. The molecule has 0 aromatic carbocycles. The van der Waals surface area contributed by atoms with Crippen LogP contribution >= 0.6 is 0 Å². The first-order valence-electron chi connectivity index (χ1n) is 6.75. The van der Waals surface area contributed by atoms with Crippen LogP contribution in [0, 0.1) is 5.92 Å². The van der Waals surface area contributed by atoms with Gasteiger partial charge < -0.3 is 15.1 Å². The van der Waals surface area contributed by atoms with Crippen molar-refractivity contribution >= 4 is 0 Å². The topological polar surface area (TPSA) is 37.2 Å². The van der Waals surface area contributed by atoms with Crippen LogP contribution in [0.2, 0.25) is 0 Å². The molecule has 3 atom stereocenters. The van der Waals surface area contributed by atoms with Crippen LogP contribution in [0.5, 0.6) is 0 Å². The lowest BCUT2D eigenvalue weighted by Crippen LogP contribution is -2.48. The van der Waals surface area contributed by atoms with E-state index >= 15 is 0 Å². The molecule has 0 amide bonds. The van der Waals surface area contributed by atoms with Crippen LogP contribution in [0.25, 0.3) is 0 Å². The fraction of sp³-hybridized carbons (Fsp3) is 0.714. The molecule has 1 aliphatic heterocycles. The van der Waals surface area contributed by atoms with E-state index in [1.54, 1.807) is 6.26 Å². The van der Waals surface area contributed by atoms with Crippen molar-refractivity contribution in [3.05, 3.63) is 24.2 Å². The molecule has 0 bridgehead atoms. The lowest BCUT2D eigenvalue weighted by molar-refractivity contribution is 0.282. The van der Waals surface area contributed by atoms with E-state index in [9.17, 15) is 0 Å². The zero-order valence-electron chi connectivity index (χ0n) is 10.9. The van der Waals surface area contributed by atoms with Crippen LogP contribution in [0.15, 0.2) is 22.8 Å². The van der Waals surface area contributed by atoms with Crippen LogP contribution in [-0.2, 0) is 6.42 Å². The molecule has 2 heterocycles. The third-order valence-electron chi connectivity index (χ3n) is 3.70. The van der Waals surface area contributed by atoms with Crippen molar-refractivity contribution in [3.8, 4) is 0 Å². The highest BCUT2D eigenvalue weighted by atomic mass is 16.3. The van der Waals surface area contributed by atoms with Gasteiger partial charge in [0, 0.05) is 25.0 Å². The van der Waals surface area contributed by atoms with Crippen LogP contribution in [-0.4, -0.2) is 25.2 Å². The number of hydrogen-bond acceptors (Lipinski definition) is 3. The summed E-state index contributed by atoms with van der Waals surface area (Å²) in [5.74, 6) is 1.85. The molecule has 1 saturated heterocycles. The highest BCUT2D eigenvalue weighted by Crippen LogP contribution is 2.15. The van der Waals surface area contributed by atoms with Crippen molar-refractivity contribution in [1.82, 2.24) is 10.6 Å². The lowest BCUT2D eigenvalue weighted by Gasteiger charge is -2.31. The van der Waals surface area contributed by atoms with Crippen molar-refractivity contribution < 1.29 is 4.42 Å². The Balaban J connectivity index is 1.70. The average molecular weight is 236 g/mol. The predicted molar refractivity (Wildman–Crippen MR) is 70.1 cm³/mol. The van der Waals surface area contributed by atoms with E-state index < -0.39 is 0 Å². The van der Waals surface area contributed by atoms with E-state index in [-0.39, 0.29) is 0 Å². The Morgan fingerprint density at radius 2 is 2.47 bits per heavy atom. The van der Waals surface area contributed by atoms with Crippen molar-refractivity contribution in [2.24, 2.45) is 5.92 Å². The molecule has 3 nitrogen and oxygen atoms in total. The van der Waals surface area contributed by atoms with Gasteiger partial charge in [-0.2, -0.15) is 0 Å². The molecule has 96 valence electrons. The summed E-state index contributed by atoms with van der Waals surface area (Å²) in [4.78, 5) is 0. The Morgan fingerprint density at radius 1 is 1.59 bits per heavy atom. The molecule has 0 spiro atoms. The van der Waals surface area contributed by atoms with Crippen molar-refractivity contribution in [3.63, 3.8) is 0 Å². The fourth-order valence-electron chi connectivity index (χ4n) is 2.52. The van der Waals surface area contributed by atoms with Crippen molar-refractivity contribution in [2.45, 2.75) is 45.2 Å². The van der Waals surface area contributed by atoms with Crippen LogP contribution in [0.4, 0.5) is 0 Å². The number of nitrogens with one attached hydrogen (secondary N) is 2. The quantitative estimate of drug-likeness (QED) is 0.823. The van der Waals surface area contributed by atoms with Gasteiger partial charge in [-0.1, -0.05) is 6.92 Å². The molecule has 3 unspecified atom stereocenters. The smallest absolute Gasteiger partial charge is 0.105 e. The number of hydrogen-bond donors (Lipinski definition) is 2. The standard InChI is InChI=1S/C14H24N2O/c1-11-5-3-7-15-14(11)10-16-12(2)9-13-6-4-8-17-13/h4,6,8,11-12,14-16H,3,5,7,9-10H2,1-2H3. The van der Waals surface area contributed by atoms with E-state index in [0.717, 1.165) is 24.6 Å². The molecule has 3 heteroatoms. The largest absolute Gasteiger partial charge is 0.469 e. The SMILES string of the molecule is CC(Cc1ccco1)NCC1NCCCC1C. The van der Waals surface area contributed by atoms with Gasteiger partial charge in [0.1, 0.15) is 5.76 Å². The van der Waals surface area contributed by atoms with Crippen LogP contribution < -0.4 is 10.6 Å². The van der Waals surface area contributed by atoms with E-state index in [2.05, 4.69) is 24.5 Å². The van der Waals surface area contributed by atoms with E-state index in [1.165, 1.54) is 19.4 Å². The Labute approximate surface area is 104 Å². The van der Waals surface area contributed by atoms with Crippen LogP contribution in [0.1, 0.15) is 32.4 Å². The van der Waals surface area contributed by atoms with Gasteiger partial charge in [0.2, 0.25) is 0 Å². The molecular formula is C14H24N2O. The summed E-state index contributed by atoms with van der Waals surface area (Å²) in [6.45, 7) is 6.79. The summed E-state index contributed by atoms with van der Waals surface area (Å²) in [6.07, 6.45) is 5.38. The van der Waals surface area contributed by atoms with E-state index in [4.69, 9.17) is 4.42 Å². The maximum atomic E-state index is 5.36. The van der Waals surface area contributed by atoms with Crippen molar-refractivity contribution in [1.29, 1.82) is 0 Å². The molecular weight excluding hydrogens is 212 g/mol. The Hall–Kier alpha value is -0.800. The summed E-state index contributed by atoms with van der Waals surface area (Å²) in [7, 11) is 0. The number of rotatable bonds is 5. The summed E-state index contributed by atoms with van der Waals surface area (Å²) < 4.78 is 5.36. The van der Waals surface area contributed by atoms with Gasteiger partial charge in [0.25, 0.3) is 0 Å². The van der Waals surface area contributed by atoms with Crippen LogP contribution in [0.3, 0.4) is 0 Å². The number of furan rings is 1. The average Bonchev–Trinajstić information content (AvgIpc) is 2.81. The molecule has 1 aromatic rings.